The van der Waals surface area contributed by atoms with Crippen LogP contribution in [0.4, 0.5) is 0 Å². The first-order valence-corrected chi connectivity index (χ1v) is 8.42. The average Bonchev–Trinajstić information content (AvgIpc) is 2.62. The molecule has 4 nitrogen and oxygen atoms in total. The third-order valence-electron chi connectivity index (χ3n) is 3.84. The lowest BCUT2D eigenvalue weighted by Crippen LogP contribution is -2.06. The van der Waals surface area contributed by atoms with Gasteiger partial charge in [0.2, 0.25) is 0 Å². The normalized spacial score (nSPS) is 10.2. The van der Waals surface area contributed by atoms with E-state index in [1.807, 2.05) is 24.3 Å². The van der Waals surface area contributed by atoms with Gasteiger partial charge in [-0.25, -0.2) is 0 Å². The molecule has 0 unspecified atom stereocenters. The molecule has 0 radical (unpaired) electrons. The Hall–Kier alpha value is -2.72. The molecule has 0 bridgehead atoms. The van der Waals surface area contributed by atoms with Gasteiger partial charge in [-0.05, 0) is 12.8 Å². The summed E-state index contributed by atoms with van der Waals surface area (Å²) in [6.45, 7) is 5.15. The summed E-state index contributed by atoms with van der Waals surface area (Å²) >= 11 is 0. The Kier molecular flexibility index (Phi) is 6.46. The summed E-state index contributed by atoms with van der Waals surface area (Å²) in [5, 5.41) is 20.8. The van der Waals surface area contributed by atoms with Crippen LogP contribution in [-0.2, 0) is 0 Å². The van der Waals surface area contributed by atoms with E-state index in [0.29, 0.717) is 35.8 Å². The average molecular weight is 322 g/mol. The molecule has 0 aliphatic rings. The van der Waals surface area contributed by atoms with Gasteiger partial charge in [-0.2, -0.15) is 10.5 Å². The van der Waals surface area contributed by atoms with Crippen LogP contribution in [0.2, 0.25) is 0 Å². The highest BCUT2D eigenvalue weighted by Crippen LogP contribution is 2.41. The second kappa shape index (κ2) is 8.79. The minimum atomic E-state index is 0.400. The number of benzene rings is 2. The highest BCUT2D eigenvalue weighted by atomic mass is 16.5. The van der Waals surface area contributed by atoms with Gasteiger partial charge in [0.05, 0.1) is 13.2 Å². The maximum atomic E-state index is 9.66. The van der Waals surface area contributed by atoms with Crippen molar-refractivity contribution in [3.05, 3.63) is 35.4 Å². The van der Waals surface area contributed by atoms with Gasteiger partial charge >= 0.3 is 0 Å². The van der Waals surface area contributed by atoms with Crippen LogP contribution in [0.3, 0.4) is 0 Å². The summed E-state index contributed by atoms with van der Waals surface area (Å²) in [6.07, 6.45) is 3.75. The summed E-state index contributed by atoms with van der Waals surface area (Å²) in [7, 11) is 0. The third-order valence-corrected chi connectivity index (χ3v) is 3.84. The molecule has 0 atom stereocenters. The first-order chi connectivity index (χ1) is 11.8. The number of nitriles is 2. The predicted octanol–water partition coefficient (Wildman–Crippen LogP) is 4.94. The van der Waals surface area contributed by atoms with Gasteiger partial charge in [0, 0.05) is 10.8 Å². The van der Waals surface area contributed by atoms with E-state index in [0.717, 1.165) is 36.5 Å². The molecule has 0 saturated carbocycles. The standard InChI is InChI=1S/C20H22N2O2/c1-3-5-11-23-19-17(13-21)15-9-7-8-10-16(15)18(14-22)20(19)24-12-6-4-2/h7-10H,3-6,11-12H2,1-2H3. The fourth-order valence-corrected chi connectivity index (χ4v) is 2.53. The molecule has 2 rings (SSSR count). The summed E-state index contributed by atoms with van der Waals surface area (Å²) < 4.78 is 11.8. The van der Waals surface area contributed by atoms with Gasteiger partial charge in [-0.15, -0.1) is 0 Å². The monoisotopic (exact) mass is 322 g/mol. The Morgan fingerprint density at radius 2 is 1.21 bits per heavy atom. The lowest BCUT2D eigenvalue weighted by Gasteiger charge is -2.17. The summed E-state index contributed by atoms with van der Waals surface area (Å²) in [6, 6.07) is 11.9. The molecule has 0 aliphatic heterocycles. The molecule has 2 aromatic rings. The second-order valence-corrected chi connectivity index (χ2v) is 5.58. The molecule has 0 heterocycles. The minimum absolute atomic E-state index is 0.400. The van der Waals surface area contributed by atoms with Crippen molar-refractivity contribution in [2.24, 2.45) is 0 Å². The van der Waals surface area contributed by atoms with E-state index in [9.17, 15) is 10.5 Å². The molecule has 24 heavy (non-hydrogen) atoms. The third kappa shape index (κ3) is 3.60. The van der Waals surface area contributed by atoms with Crippen LogP contribution in [0.15, 0.2) is 24.3 Å². The molecule has 0 fully saturated rings. The van der Waals surface area contributed by atoms with Crippen LogP contribution < -0.4 is 9.47 Å². The second-order valence-electron chi connectivity index (χ2n) is 5.58. The smallest absolute Gasteiger partial charge is 0.180 e. The molecule has 0 aromatic heterocycles. The van der Waals surface area contributed by atoms with Crippen molar-refractivity contribution < 1.29 is 9.47 Å². The van der Waals surface area contributed by atoms with Crippen LogP contribution >= 0.6 is 0 Å². The number of fused-ring (bicyclic) bond motifs is 1. The molecule has 124 valence electrons. The molecule has 2 aromatic carbocycles. The van der Waals surface area contributed by atoms with E-state index in [1.165, 1.54) is 0 Å². The number of ether oxygens (including phenoxy) is 2. The van der Waals surface area contributed by atoms with Gasteiger partial charge < -0.3 is 9.47 Å². The van der Waals surface area contributed by atoms with E-state index in [4.69, 9.17) is 9.47 Å². The minimum Gasteiger partial charge on any atom is -0.488 e. The van der Waals surface area contributed by atoms with Gasteiger partial charge in [0.15, 0.2) is 11.5 Å². The van der Waals surface area contributed by atoms with Crippen molar-refractivity contribution in [3.8, 4) is 23.6 Å². The molecule has 4 heteroatoms. The molecule has 0 saturated heterocycles. The lowest BCUT2D eigenvalue weighted by molar-refractivity contribution is 0.261. The van der Waals surface area contributed by atoms with Gasteiger partial charge in [0.25, 0.3) is 0 Å². The Bertz CT molecular complexity index is 718. The zero-order valence-corrected chi connectivity index (χ0v) is 14.3. The van der Waals surface area contributed by atoms with Crippen LogP contribution in [0, 0.1) is 22.7 Å². The van der Waals surface area contributed by atoms with Crippen molar-refractivity contribution in [1.82, 2.24) is 0 Å². The molecule has 0 spiro atoms. The Balaban J connectivity index is 2.64. The van der Waals surface area contributed by atoms with Crippen LogP contribution in [0.25, 0.3) is 10.8 Å². The molecule has 0 N–H and O–H groups in total. The van der Waals surface area contributed by atoms with E-state index in [1.54, 1.807) is 0 Å². The Morgan fingerprint density at radius 1 is 0.792 bits per heavy atom. The number of unbranched alkanes of at least 4 members (excludes halogenated alkanes) is 2. The quantitative estimate of drug-likeness (QED) is 0.646. The van der Waals surface area contributed by atoms with Crippen molar-refractivity contribution in [2.45, 2.75) is 39.5 Å². The number of hydrogen-bond donors (Lipinski definition) is 0. The molecular weight excluding hydrogens is 300 g/mol. The predicted molar refractivity (Wildman–Crippen MR) is 94.2 cm³/mol. The highest BCUT2D eigenvalue weighted by Gasteiger charge is 2.22. The maximum Gasteiger partial charge on any atom is 0.180 e. The van der Waals surface area contributed by atoms with Crippen molar-refractivity contribution in [3.63, 3.8) is 0 Å². The van der Waals surface area contributed by atoms with Crippen LogP contribution in [0.1, 0.15) is 50.7 Å². The molecule has 0 amide bonds. The van der Waals surface area contributed by atoms with Gasteiger partial charge in [0.1, 0.15) is 23.3 Å². The first kappa shape index (κ1) is 17.6. The van der Waals surface area contributed by atoms with Crippen LogP contribution in [-0.4, -0.2) is 13.2 Å². The largest absolute Gasteiger partial charge is 0.488 e. The van der Waals surface area contributed by atoms with E-state index >= 15 is 0 Å². The number of nitrogens with zero attached hydrogens (tertiary/aromatic N) is 2. The topological polar surface area (TPSA) is 66.0 Å². The summed E-state index contributed by atoms with van der Waals surface area (Å²) in [4.78, 5) is 0. The number of hydrogen-bond acceptors (Lipinski definition) is 4. The van der Waals surface area contributed by atoms with Crippen molar-refractivity contribution in [2.75, 3.05) is 13.2 Å². The lowest BCUT2D eigenvalue weighted by atomic mass is 9.98. The van der Waals surface area contributed by atoms with Gasteiger partial charge in [-0.3, -0.25) is 0 Å². The Labute approximate surface area is 143 Å². The number of rotatable bonds is 8. The SMILES string of the molecule is CCCCOc1c(OCCCC)c(C#N)c2ccccc2c1C#N. The van der Waals surface area contributed by atoms with Gasteiger partial charge in [-0.1, -0.05) is 51.0 Å². The molecular formula is C20H22N2O2. The zero-order valence-electron chi connectivity index (χ0n) is 14.3. The molecule has 0 aliphatic carbocycles. The Morgan fingerprint density at radius 3 is 1.54 bits per heavy atom. The fourth-order valence-electron chi connectivity index (χ4n) is 2.53. The van der Waals surface area contributed by atoms with E-state index < -0.39 is 0 Å². The summed E-state index contributed by atoms with van der Waals surface area (Å²) in [5.74, 6) is 0.801. The van der Waals surface area contributed by atoms with Crippen molar-refractivity contribution >= 4 is 10.8 Å². The van der Waals surface area contributed by atoms with E-state index in [-0.39, 0.29) is 0 Å². The van der Waals surface area contributed by atoms with Crippen LogP contribution in [0.5, 0.6) is 11.5 Å². The summed E-state index contributed by atoms with van der Waals surface area (Å²) in [5.41, 5.74) is 0.874. The fraction of sp³-hybridized carbons (Fsp3) is 0.400. The highest BCUT2D eigenvalue weighted by molar-refractivity contribution is 5.97. The van der Waals surface area contributed by atoms with Crippen molar-refractivity contribution in [1.29, 1.82) is 10.5 Å². The zero-order chi connectivity index (χ0) is 17.4. The maximum absolute atomic E-state index is 9.66. The first-order valence-electron chi connectivity index (χ1n) is 8.42. The van der Waals surface area contributed by atoms with E-state index in [2.05, 4.69) is 26.0 Å².